The zero-order valence-electron chi connectivity index (χ0n) is 16.9. The van der Waals surface area contributed by atoms with Gasteiger partial charge in [0.1, 0.15) is 11.5 Å². The van der Waals surface area contributed by atoms with Crippen molar-refractivity contribution in [3.8, 4) is 11.5 Å². The van der Waals surface area contributed by atoms with Crippen LogP contribution in [0.4, 0.5) is 0 Å². The van der Waals surface area contributed by atoms with Gasteiger partial charge in [0.05, 0.1) is 7.11 Å². The van der Waals surface area contributed by atoms with Gasteiger partial charge in [0.25, 0.3) is 5.91 Å². The third-order valence-electron chi connectivity index (χ3n) is 5.46. The van der Waals surface area contributed by atoms with Crippen LogP contribution in [0.1, 0.15) is 30.9 Å². The molecule has 3 rings (SSSR count). The van der Waals surface area contributed by atoms with E-state index in [1.165, 1.54) is 5.56 Å². The van der Waals surface area contributed by atoms with Crippen molar-refractivity contribution >= 4 is 5.91 Å². The van der Waals surface area contributed by atoms with E-state index in [9.17, 15) is 4.79 Å². The zero-order chi connectivity index (χ0) is 20.0. The van der Waals surface area contributed by atoms with Crippen molar-refractivity contribution in [2.45, 2.75) is 38.2 Å². The van der Waals surface area contributed by atoms with Gasteiger partial charge < -0.3 is 19.5 Å². The second kappa shape index (κ2) is 9.11. The van der Waals surface area contributed by atoms with Gasteiger partial charge >= 0.3 is 0 Å². The van der Waals surface area contributed by atoms with Gasteiger partial charge in [-0.2, -0.15) is 0 Å². The SMILES string of the molecule is COc1ccc(C2(CNC(=O)C(C)Oc3ccc(C)cc3)CCOCC2)cc1. The minimum atomic E-state index is -0.560. The van der Waals surface area contributed by atoms with Crippen LogP contribution in [0.25, 0.3) is 0 Å². The maximum Gasteiger partial charge on any atom is 0.260 e. The summed E-state index contributed by atoms with van der Waals surface area (Å²) in [5, 5.41) is 3.10. The maximum atomic E-state index is 12.6. The van der Waals surface area contributed by atoms with Crippen molar-refractivity contribution in [2.24, 2.45) is 0 Å². The highest BCUT2D eigenvalue weighted by molar-refractivity contribution is 5.80. The molecular weight excluding hydrogens is 354 g/mol. The number of hydrogen-bond donors (Lipinski definition) is 1. The van der Waals surface area contributed by atoms with E-state index in [-0.39, 0.29) is 11.3 Å². The van der Waals surface area contributed by atoms with Crippen LogP contribution in [-0.4, -0.2) is 38.9 Å². The highest BCUT2D eigenvalue weighted by Gasteiger charge is 2.35. The monoisotopic (exact) mass is 383 g/mol. The Bertz CT molecular complexity index is 764. The quantitative estimate of drug-likeness (QED) is 0.793. The first-order valence-corrected chi connectivity index (χ1v) is 9.76. The molecule has 0 spiro atoms. The van der Waals surface area contributed by atoms with Gasteiger partial charge in [0, 0.05) is 25.2 Å². The Hall–Kier alpha value is -2.53. The Balaban J connectivity index is 1.65. The van der Waals surface area contributed by atoms with E-state index < -0.39 is 6.10 Å². The smallest absolute Gasteiger partial charge is 0.260 e. The largest absolute Gasteiger partial charge is 0.497 e. The van der Waals surface area contributed by atoms with Crippen molar-refractivity contribution in [2.75, 3.05) is 26.9 Å². The van der Waals surface area contributed by atoms with Crippen LogP contribution in [0.5, 0.6) is 11.5 Å². The summed E-state index contributed by atoms with van der Waals surface area (Å²) >= 11 is 0. The highest BCUT2D eigenvalue weighted by atomic mass is 16.5. The molecule has 2 aromatic rings. The van der Waals surface area contributed by atoms with Crippen LogP contribution in [0.15, 0.2) is 48.5 Å². The Kier molecular flexibility index (Phi) is 6.57. The van der Waals surface area contributed by atoms with Crippen molar-refractivity contribution in [1.82, 2.24) is 5.32 Å². The molecule has 0 aliphatic carbocycles. The standard InChI is InChI=1S/C23H29NO4/c1-17-4-8-21(9-5-17)28-18(2)22(25)24-16-23(12-14-27-15-13-23)19-6-10-20(26-3)11-7-19/h4-11,18H,12-16H2,1-3H3,(H,24,25). The predicted molar refractivity (Wildman–Crippen MR) is 109 cm³/mol. The summed E-state index contributed by atoms with van der Waals surface area (Å²) in [6.45, 7) is 5.74. The molecule has 1 amide bonds. The minimum absolute atomic E-state index is 0.111. The number of aryl methyl sites for hydroxylation is 1. The first-order valence-electron chi connectivity index (χ1n) is 9.76. The summed E-state index contributed by atoms with van der Waals surface area (Å²) in [7, 11) is 1.66. The topological polar surface area (TPSA) is 56.8 Å². The number of rotatable bonds is 7. The van der Waals surface area contributed by atoms with E-state index in [0.717, 1.165) is 24.2 Å². The number of hydrogen-bond acceptors (Lipinski definition) is 4. The Morgan fingerprint density at radius 2 is 1.68 bits per heavy atom. The van der Waals surface area contributed by atoms with Crippen molar-refractivity contribution < 1.29 is 19.0 Å². The molecule has 1 fully saturated rings. The number of carbonyl (C=O) groups excluding carboxylic acids is 1. The fourth-order valence-corrected chi connectivity index (χ4v) is 3.55. The fraction of sp³-hybridized carbons (Fsp3) is 0.435. The molecular formula is C23H29NO4. The number of ether oxygens (including phenoxy) is 3. The number of amides is 1. The average Bonchev–Trinajstić information content (AvgIpc) is 2.74. The van der Waals surface area contributed by atoms with Crippen molar-refractivity contribution in [1.29, 1.82) is 0 Å². The summed E-state index contributed by atoms with van der Waals surface area (Å²) in [4.78, 5) is 12.6. The van der Waals surface area contributed by atoms with E-state index in [2.05, 4.69) is 17.4 Å². The minimum Gasteiger partial charge on any atom is -0.497 e. The number of methoxy groups -OCH3 is 1. The van der Waals surface area contributed by atoms with E-state index in [0.29, 0.717) is 25.5 Å². The molecule has 5 heteroatoms. The molecule has 0 saturated carbocycles. The molecule has 1 atom stereocenters. The molecule has 1 N–H and O–H groups in total. The Morgan fingerprint density at radius 3 is 2.29 bits per heavy atom. The molecule has 0 bridgehead atoms. The first kappa shape index (κ1) is 20.2. The molecule has 1 aliphatic rings. The van der Waals surface area contributed by atoms with E-state index in [4.69, 9.17) is 14.2 Å². The van der Waals surface area contributed by atoms with Crippen LogP contribution >= 0.6 is 0 Å². The third kappa shape index (κ3) is 4.84. The van der Waals surface area contributed by atoms with Gasteiger partial charge in [-0.05, 0) is 56.5 Å². The summed E-state index contributed by atoms with van der Waals surface area (Å²) in [5.41, 5.74) is 2.22. The van der Waals surface area contributed by atoms with Gasteiger partial charge in [-0.25, -0.2) is 0 Å². The number of carbonyl (C=O) groups is 1. The maximum absolute atomic E-state index is 12.6. The molecule has 1 heterocycles. The zero-order valence-corrected chi connectivity index (χ0v) is 16.9. The Labute approximate surface area is 167 Å². The van der Waals surface area contributed by atoms with Gasteiger partial charge in [-0.1, -0.05) is 29.8 Å². The molecule has 2 aromatic carbocycles. The molecule has 0 radical (unpaired) electrons. The van der Waals surface area contributed by atoms with Crippen LogP contribution in [0.3, 0.4) is 0 Å². The lowest BCUT2D eigenvalue weighted by Gasteiger charge is -2.38. The molecule has 28 heavy (non-hydrogen) atoms. The first-order chi connectivity index (χ1) is 13.5. The molecule has 1 aliphatic heterocycles. The van der Waals surface area contributed by atoms with Crippen LogP contribution in [-0.2, 0) is 14.9 Å². The normalized spacial score (nSPS) is 16.8. The summed E-state index contributed by atoms with van der Waals surface area (Å²) in [6, 6.07) is 15.8. The number of benzene rings is 2. The molecule has 0 aromatic heterocycles. The lowest BCUT2D eigenvalue weighted by molar-refractivity contribution is -0.127. The van der Waals surface area contributed by atoms with Crippen LogP contribution < -0.4 is 14.8 Å². The van der Waals surface area contributed by atoms with Crippen LogP contribution in [0.2, 0.25) is 0 Å². The summed E-state index contributed by atoms with van der Waals surface area (Å²) in [5.74, 6) is 1.42. The van der Waals surface area contributed by atoms with Gasteiger partial charge in [-0.15, -0.1) is 0 Å². The molecule has 5 nitrogen and oxygen atoms in total. The Morgan fingerprint density at radius 1 is 1.07 bits per heavy atom. The van der Waals surface area contributed by atoms with Crippen molar-refractivity contribution in [3.63, 3.8) is 0 Å². The summed E-state index contributed by atoms with van der Waals surface area (Å²) in [6.07, 6.45) is 1.18. The highest BCUT2D eigenvalue weighted by Crippen LogP contribution is 2.35. The van der Waals surface area contributed by atoms with E-state index in [1.807, 2.05) is 43.3 Å². The molecule has 150 valence electrons. The van der Waals surface area contributed by atoms with E-state index >= 15 is 0 Å². The fourth-order valence-electron chi connectivity index (χ4n) is 3.55. The van der Waals surface area contributed by atoms with Crippen LogP contribution in [0, 0.1) is 6.92 Å². The predicted octanol–water partition coefficient (Wildman–Crippen LogP) is 3.64. The second-order valence-corrected chi connectivity index (χ2v) is 7.41. The third-order valence-corrected chi connectivity index (χ3v) is 5.46. The van der Waals surface area contributed by atoms with Gasteiger partial charge in [-0.3, -0.25) is 4.79 Å². The summed E-state index contributed by atoms with van der Waals surface area (Å²) < 4.78 is 16.6. The van der Waals surface area contributed by atoms with E-state index in [1.54, 1.807) is 14.0 Å². The molecule has 1 unspecified atom stereocenters. The van der Waals surface area contributed by atoms with Gasteiger partial charge in [0.2, 0.25) is 0 Å². The number of nitrogens with one attached hydrogen (secondary N) is 1. The second-order valence-electron chi connectivity index (χ2n) is 7.41. The molecule has 1 saturated heterocycles. The lowest BCUT2D eigenvalue weighted by atomic mass is 9.74. The lowest BCUT2D eigenvalue weighted by Crippen LogP contribution is -2.47. The van der Waals surface area contributed by atoms with Gasteiger partial charge in [0.15, 0.2) is 6.10 Å². The van der Waals surface area contributed by atoms with Crippen molar-refractivity contribution in [3.05, 3.63) is 59.7 Å². The average molecular weight is 383 g/mol.